The molecular formula is C10H10BrN3S. The Balaban J connectivity index is 1.96. The van der Waals surface area contributed by atoms with Crippen LogP contribution in [0.4, 0.5) is 5.13 Å². The van der Waals surface area contributed by atoms with Crippen LogP contribution in [-0.4, -0.2) is 9.36 Å². The number of rotatable bonds is 3. The van der Waals surface area contributed by atoms with Gasteiger partial charge in [-0.05, 0) is 24.6 Å². The van der Waals surface area contributed by atoms with Gasteiger partial charge in [0.2, 0.25) is 5.13 Å². The Morgan fingerprint density at radius 1 is 1.33 bits per heavy atom. The Kier molecular flexibility index (Phi) is 3.33. The van der Waals surface area contributed by atoms with Crippen LogP contribution in [0.25, 0.3) is 0 Å². The van der Waals surface area contributed by atoms with Crippen LogP contribution in [0.3, 0.4) is 0 Å². The Morgan fingerprint density at radius 3 is 2.67 bits per heavy atom. The number of hydrogen-bond donors (Lipinski definition) is 1. The van der Waals surface area contributed by atoms with Crippen molar-refractivity contribution in [2.45, 2.75) is 13.5 Å². The largest absolute Gasteiger partial charge is 0.356 e. The first-order valence-electron chi connectivity index (χ1n) is 4.52. The van der Waals surface area contributed by atoms with Gasteiger partial charge in [-0.25, -0.2) is 4.98 Å². The van der Waals surface area contributed by atoms with E-state index in [1.165, 1.54) is 17.1 Å². The summed E-state index contributed by atoms with van der Waals surface area (Å²) in [6.45, 7) is 2.67. The SMILES string of the molecule is Cc1nsc(NCc2ccc(Br)cc2)n1. The molecule has 2 aromatic rings. The Bertz CT molecular complexity index is 438. The summed E-state index contributed by atoms with van der Waals surface area (Å²) < 4.78 is 5.20. The minimum absolute atomic E-state index is 0.780. The maximum absolute atomic E-state index is 4.23. The quantitative estimate of drug-likeness (QED) is 0.940. The fraction of sp³-hybridized carbons (Fsp3) is 0.200. The first-order valence-corrected chi connectivity index (χ1v) is 6.09. The van der Waals surface area contributed by atoms with Gasteiger partial charge in [0.25, 0.3) is 0 Å². The number of benzene rings is 1. The fourth-order valence-corrected chi connectivity index (χ4v) is 1.98. The molecule has 1 aromatic heterocycles. The van der Waals surface area contributed by atoms with Crippen molar-refractivity contribution in [1.82, 2.24) is 9.36 Å². The summed E-state index contributed by atoms with van der Waals surface area (Å²) >= 11 is 4.79. The van der Waals surface area contributed by atoms with Crippen LogP contribution < -0.4 is 5.32 Å². The summed E-state index contributed by atoms with van der Waals surface area (Å²) in [4.78, 5) is 4.23. The average molecular weight is 284 g/mol. The van der Waals surface area contributed by atoms with Gasteiger partial charge in [-0.3, -0.25) is 0 Å². The molecule has 0 bridgehead atoms. The predicted octanol–water partition coefficient (Wildman–Crippen LogP) is 3.22. The third-order valence-electron chi connectivity index (χ3n) is 1.88. The second-order valence-electron chi connectivity index (χ2n) is 3.13. The number of anilines is 1. The molecule has 2 rings (SSSR count). The molecule has 0 fully saturated rings. The number of aromatic nitrogens is 2. The van der Waals surface area contributed by atoms with Crippen LogP contribution in [0.5, 0.6) is 0 Å². The topological polar surface area (TPSA) is 37.8 Å². The molecule has 0 aliphatic heterocycles. The highest BCUT2D eigenvalue weighted by Gasteiger charge is 1.99. The smallest absolute Gasteiger partial charge is 0.202 e. The zero-order chi connectivity index (χ0) is 10.7. The molecule has 78 valence electrons. The van der Waals surface area contributed by atoms with Crippen LogP contribution in [0, 0.1) is 6.92 Å². The van der Waals surface area contributed by atoms with Crippen LogP contribution in [0.2, 0.25) is 0 Å². The predicted molar refractivity (Wildman–Crippen MR) is 66.1 cm³/mol. The van der Waals surface area contributed by atoms with Crippen molar-refractivity contribution in [3.05, 3.63) is 40.1 Å². The highest BCUT2D eigenvalue weighted by atomic mass is 79.9. The van der Waals surface area contributed by atoms with E-state index in [1.807, 2.05) is 19.1 Å². The van der Waals surface area contributed by atoms with E-state index in [9.17, 15) is 0 Å². The molecule has 1 heterocycles. The molecule has 0 amide bonds. The van der Waals surface area contributed by atoms with Gasteiger partial charge < -0.3 is 5.32 Å². The van der Waals surface area contributed by atoms with E-state index < -0.39 is 0 Å². The third kappa shape index (κ3) is 3.00. The van der Waals surface area contributed by atoms with E-state index in [-0.39, 0.29) is 0 Å². The molecule has 5 heteroatoms. The minimum atomic E-state index is 0.780. The van der Waals surface area contributed by atoms with Crippen LogP contribution in [-0.2, 0) is 6.54 Å². The molecule has 15 heavy (non-hydrogen) atoms. The van der Waals surface area contributed by atoms with E-state index in [0.29, 0.717) is 0 Å². The molecule has 0 saturated carbocycles. The van der Waals surface area contributed by atoms with Crippen molar-refractivity contribution in [1.29, 1.82) is 0 Å². The van der Waals surface area contributed by atoms with E-state index >= 15 is 0 Å². The lowest BCUT2D eigenvalue weighted by Crippen LogP contribution is -1.98. The number of halogens is 1. The normalized spacial score (nSPS) is 10.3. The summed E-state index contributed by atoms with van der Waals surface area (Å²) in [7, 11) is 0. The molecule has 1 aromatic carbocycles. The van der Waals surface area contributed by atoms with Gasteiger partial charge in [0, 0.05) is 22.5 Å². The zero-order valence-corrected chi connectivity index (χ0v) is 10.6. The lowest BCUT2D eigenvalue weighted by Gasteiger charge is -2.01. The fourth-order valence-electron chi connectivity index (χ4n) is 1.15. The summed E-state index contributed by atoms with van der Waals surface area (Å²) in [5.74, 6) is 0.818. The van der Waals surface area contributed by atoms with Gasteiger partial charge in [-0.15, -0.1) is 0 Å². The van der Waals surface area contributed by atoms with Crippen molar-refractivity contribution in [3.8, 4) is 0 Å². The summed E-state index contributed by atoms with van der Waals surface area (Å²) in [5, 5.41) is 4.10. The molecule has 0 saturated heterocycles. The van der Waals surface area contributed by atoms with E-state index in [0.717, 1.165) is 22.0 Å². The highest BCUT2D eigenvalue weighted by Crippen LogP contribution is 2.14. The molecule has 0 aliphatic carbocycles. The maximum atomic E-state index is 4.23. The molecule has 0 radical (unpaired) electrons. The van der Waals surface area contributed by atoms with Crippen LogP contribution in [0.1, 0.15) is 11.4 Å². The zero-order valence-electron chi connectivity index (χ0n) is 8.20. The molecule has 0 unspecified atom stereocenters. The number of hydrogen-bond acceptors (Lipinski definition) is 4. The monoisotopic (exact) mass is 283 g/mol. The number of aryl methyl sites for hydroxylation is 1. The Hall–Kier alpha value is -0.940. The van der Waals surface area contributed by atoms with Crippen LogP contribution in [0.15, 0.2) is 28.7 Å². The molecule has 3 nitrogen and oxygen atoms in total. The van der Waals surface area contributed by atoms with Crippen LogP contribution >= 0.6 is 27.5 Å². The van der Waals surface area contributed by atoms with E-state index in [4.69, 9.17) is 0 Å². The van der Waals surface area contributed by atoms with Gasteiger partial charge in [0.05, 0.1) is 0 Å². The first kappa shape index (κ1) is 10.6. The highest BCUT2D eigenvalue weighted by molar-refractivity contribution is 9.10. The van der Waals surface area contributed by atoms with Crippen molar-refractivity contribution in [2.24, 2.45) is 0 Å². The summed E-state index contributed by atoms with van der Waals surface area (Å²) in [6.07, 6.45) is 0. The Labute approximate surface area is 101 Å². The standard InChI is InChI=1S/C10H10BrN3S/c1-7-13-10(15-14-7)12-6-8-2-4-9(11)5-3-8/h2-5H,6H2,1H3,(H,12,13,14). The minimum Gasteiger partial charge on any atom is -0.356 e. The Morgan fingerprint density at radius 2 is 2.07 bits per heavy atom. The van der Waals surface area contributed by atoms with Gasteiger partial charge in [0.1, 0.15) is 5.82 Å². The van der Waals surface area contributed by atoms with Gasteiger partial charge >= 0.3 is 0 Å². The molecular weight excluding hydrogens is 274 g/mol. The average Bonchev–Trinajstić information content (AvgIpc) is 2.64. The molecule has 0 aliphatic rings. The van der Waals surface area contributed by atoms with E-state index in [2.05, 4.69) is 42.7 Å². The van der Waals surface area contributed by atoms with Crippen molar-refractivity contribution in [3.63, 3.8) is 0 Å². The number of nitrogens with one attached hydrogen (secondary N) is 1. The second-order valence-corrected chi connectivity index (χ2v) is 4.79. The third-order valence-corrected chi connectivity index (χ3v) is 3.18. The first-order chi connectivity index (χ1) is 7.24. The van der Waals surface area contributed by atoms with Gasteiger partial charge in [-0.1, -0.05) is 28.1 Å². The maximum Gasteiger partial charge on any atom is 0.202 e. The van der Waals surface area contributed by atoms with Gasteiger partial charge in [0.15, 0.2) is 0 Å². The van der Waals surface area contributed by atoms with Crippen molar-refractivity contribution < 1.29 is 0 Å². The molecule has 0 atom stereocenters. The number of nitrogens with zero attached hydrogens (tertiary/aromatic N) is 2. The summed E-state index contributed by atoms with van der Waals surface area (Å²) in [5.41, 5.74) is 1.23. The second kappa shape index (κ2) is 4.72. The molecule has 1 N–H and O–H groups in total. The lowest BCUT2D eigenvalue weighted by atomic mass is 10.2. The van der Waals surface area contributed by atoms with Crippen molar-refractivity contribution in [2.75, 3.05) is 5.32 Å². The van der Waals surface area contributed by atoms with E-state index in [1.54, 1.807) is 0 Å². The molecule has 0 spiro atoms. The van der Waals surface area contributed by atoms with Gasteiger partial charge in [-0.2, -0.15) is 4.37 Å². The van der Waals surface area contributed by atoms with Crippen molar-refractivity contribution >= 4 is 32.6 Å². The lowest BCUT2D eigenvalue weighted by molar-refractivity contribution is 1.10. The summed E-state index contributed by atoms with van der Waals surface area (Å²) in [6, 6.07) is 8.21.